The van der Waals surface area contributed by atoms with Gasteiger partial charge in [-0.05, 0) is 43.3 Å². The Morgan fingerprint density at radius 1 is 0.920 bits per heavy atom. The van der Waals surface area contributed by atoms with Gasteiger partial charge in [-0.25, -0.2) is 15.0 Å². The van der Waals surface area contributed by atoms with Crippen LogP contribution in [0.2, 0.25) is 0 Å². The summed E-state index contributed by atoms with van der Waals surface area (Å²) in [6, 6.07) is 19.6. The van der Waals surface area contributed by atoms with Crippen LogP contribution in [0, 0.1) is 6.92 Å². The minimum Gasteiger partial charge on any atom is -0.441 e. The van der Waals surface area contributed by atoms with Gasteiger partial charge in [0, 0.05) is 23.1 Å². The molecule has 3 heterocycles. The second-order valence-electron chi connectivity index (χ2n) is 5.62. The third kappa shape index (κ3) is 3.26. The molecule has 5 nitrogen and oxygen atoms in total. The molecular weight excluding hydrogens is 312 g/mol. The average molecular weight is 328 g/mol. The van der Waals surface area contributed by atoms with Crippen LogP contribution in [0.4, 0.5) is 11.5 Å². The summed E-state index contributed by atoms with van der Waals surface area (Å²) >= 11 is 0. The van der Waals surface area contributed by atoms with Crippen LogP contribution in [0.15, 0.2) is 77.7 Å². The molecule has 0 saturated heterocycles. The van der Waals surface area contributed by atoms with E-state index in [1.807, 2.05) is 67.6 Å². The van der Waals surface area contributed by atoms with Gasteiger partial charge in [-0.15, -0.1) is 0 Å². The highest BCUT2D eigenvalue weighted by atomic mass is 16.3. The number of hydrogen-bond acceptors (Lipinski definition) is 5. The van der Waals surface area contributed by atoms with Crippen molar-refractivity contribution in [3.63, 3.8) is 0 Å². The van der Waals surface area contributed by atoms with Crippen LogP contribution in [-0.4, -0.2) is 15.0 Å². The first-order chi connectivity index (χ1) is 12.3. The number of nitrogens with one attached hydrogen (secondary N) is 1. The monoisotopic (exact) mass is 328 g/mol. The van der Waals surface area contributed by atoms with E-state index in [-0.39, 0.29) is 0 Å². The van der Waals surface area contributed by atoms with Crippen molar-refractivity contribution in [2.24, 2.45) is 0 Å². The molecule has 25 heavy (non-hydrogen) atoms. The van der Waals surface area contributed by atoms with E-state index in [0.29, 0.717) is 5.76 Å². The SMILES string of the molecule is Cc1cccc(-c2ocnc2-c2ccnc(Nc3ccccc3)c2)n1. The second kappa shape index (κ2) is 6.57. The Bertz CT molecular complexity index is 995. The second-order valence-corrected chi connectivity index (χ2v) is 5.62. The fourth-order valence-electron chi connectivity index (χ4n) is 2.62. The maximum Gasteiger partial charge on any atom is 0.182 e. The predicted octanol–water partition coefficient (Wildman–Crippen LogP) is 4.85. The number of para-hydroxylation sites is 1. The molecule has 0 atom stereocenters. The van der Waals surface area contributed by atoms with E-state index in [1.54, 1.807) is 6.20 Å². The fourth-order valence-corrected chi connectivity index (χ4v) is 2.62. The maximum atomic E-state index is 5.60. The molecule has 0 aliphatic rings. The molecule has 0 saturated carbocycles. The van der Waals surface area contributed by atoms with Gasteiger partial charge in [0.2, 0.25) is 0 Å². The molecule has 0 aliphatic heterocycles. The Labute approximate surface area is 145 Å². The summed E-state index contributed by atoms with van der Waals surface area (Å²) in [6.45, 7) is 1.95. The number of benzene rings is 1. The molecule has 1 aromatic carbocycles. The zero-order valence-corrected chi connectivity index (χ0v) is 13.7. The maximum absolute atomic E-state index is 5.60. The Hall–Kier alpha value is -3.47. The van der Waals surface area contributed by atoms with Crippen molar-refractivity contribution in [2.75, 3.05) is 5.32 Å². The van der Waals surface area contributed by atoms with Crippen molar-refractivity contribution >= 4 is 11.5 Å². The van der Waals surface area contributed by atoms with Gasteiger partial charge in [-0.2, -0.15) is 0 Å². The van der Waals surface area contributed by atoms with Crippen LogP contribution in [0.1, 0.15) is 5.69 Å². The lowest BCUT2D eigenvalue weighted by Gasteiger charge is -2.07. The number of oxazole rings is 1. The van der Waals surface area contributed by atoms with Gasteiger partial charge in [0.1, 0.15) is 17.2 Å². The quantitative estimate of drug-likeness (QED) is 0.580. The smallest absolute Gasteiger partial charge is 0.182 e. The van der Waals surface area contributed by atoms with Crippen molar-refractivity contribution < 1.29 is 4.42 Å². The van der Waals surface area contributed by atoms with E-state index >= 15 is 0 Å². The third-order valence-electron chi connectivity index (χ3n) is 3.77. The highest BCUT2D eigenvalue weighted by molar-refractivity contribution is 5.76. The molecule has 0 radical (unpaired) electrons. The molecule has 0 unspecified atom stereocenters. The van der Waals surface area contributed by atoms with Crippen LogP contribution in [0.3, 0.4) is 0 Å². The number of aromatic nitrogens is 3. The van der Waals surface area contributed by atoms with Crippen LogP contribution >= 0.6 is 0 Å². The molecule has 4 rings (SSSR count). The van der Waals surface area contributed by atoms with E-state index in [4.69, 9.17) is 4.42 Å². The molecule has 0 fully saturated rings. The van der Waals surface area contributed by atoms with Crippen LogP contribution < -0.4 is 5.32 Å². The molecule has 0 aliphatic carbocycles. The Kier molecular flexibility index (Phi) is 3.96. The van der Waals surface area contributed by atoms with Gasteiger partial charge in [-0.1, -0.05) is 24.3 Å². The molecule has 0 spiro atoms. The highest BCUT2D eigenvalue weighted by Gasteiger charge is 2.15. The summed E-state index contributed by atoms with van der Waals surface area (Å²) in [5.41, 5.74) is 4.34. The van der Waals surface area contributed by atoms with Crippen LogP contribution in [-0.2, 0) is 0 Å². The van der Waals surface area contributed by atoms with Crippen molar-refractivity contribution in [1.82, 2.24) is 15.0 Å². The zero-order valence-electron chi connectivity index (χ0n) is 13.7. The number of hydrogen-bond donors (Lipinski definition) is 1. The number of aryl methyl sites for hydroxylation is 1. The van der Waals surface area contributed by atoms with Crippen LogP contribution in [0.25, 0.3) is 22.7 Å². The Morgan fingerprint density at radius 3 is 2.64 bits per heavy atom. The largest absolute Gasteiger partial charge is 0.441 e. The van der Waals surface area contributed by atoms with E-state index in [9.17, 15) is 0 Å². The summed E-state index contributed by atoms with van der Waals surface area (Å²) in [4.78, 5) is 13.3. The average Bonchev–Trinajstić information content (AvgIpc) is 3.13. The van der Waals surface area contributed by atoms with Crippen molar-refractivity contribution in [2.45, 2.75) is 6.92 Å². The van der Waals surface area contributed by atoms with E-state index in [0.717, 1.165) is 34.2 Å². The molecule has 0 amide bonds. The minimum atomic E-state index is 0.653. The molecule has 122 valence electrons. The first-order valence-electron chi connectivity index (χ1n) is 7.95. The zero-order chi connectivity index (χ0) is 17.1. The predicted molar refractivity (Wildman–Crippen MR) is 97.4 cm³/mol. The fraction of sp³-hybridized carbons (Fsp3) is 0.0500. The first-order valence-corrected chi connectivity index (χ1v) is 7.95. The molecule has 0 bridgehead atoms. The van der Waals surface area contributed by atoms with Gasteiger partial charge in [-0.3, -0.25) is 0 Å². The topological polar surface area (TPSA) is 63.8 Å². The Balaban J connectivity index is 1.70. The lowest BCUT2D eigenvalue weighted by Crippen LogP contribution is -1.94. The summed E-state index contributed by atoms with van der Waals surface area (Å²) < 4.78 is 5.60. The first kappa shape index (κ1) is 15.1. The standard InChI is InChI=1S/C20H16N4O/c1-14-6-5-9-17(23-14)20-19(22-13-25-20)15-10-11-21-18(12-15)24-16-7-3-2-4-8-16/h2-13H,1H3,(H,21,24). The van der Waals surface area contributed by atoms with Gasteiger partial charge < -0.3 is 9.73 Å². The van der Waals surface area contributed by atoms with Gasteiger partial charge >= 0.3 is 0 Å². The third-order valence-corrected chi connectivity index (χ3v) is 3.77. The molecule has 1 N–H and O–H groups in total. The van der Waals surface area contributed by atoms with Crippen molar-refractivity contribution in [3.05, 3.63) is 78.9 Å². The lowest BCUT2D eigenvalue weighted by atomic mass is 10.1. The molecule has 5 heteroatoms. The number of pyridine rings is 2. The highest BCUT2D eigenvalue weighted by Crippen LogP contribution is 2.31. The van der Waals surface area contributed by atoms with Crippen LogP contribution in [0.5, 0.6) is 0 Å². The normalized spacial score (nSPS) is 10.6. The minimum absolute atomic E-state index is 0.653. The van der Waals surface area contributed by atoms with E-state index in [1.165, 1.54) is 6.39 Å². The van der Waals surface area contributed by atoms with Gasteiger partial charge in [0.05, 0.1) is 0 Å². The summed E-state index contributed by atoms with van der Waals surface area (Å²) in [5.74, 6) is 1.40. The summed E-state index contributed by atoms with van der Waals surface area (Å²) in [6.07, 6.45) is 3.20. The van der Waals surface area contributed by atoms with E-state index < -0.39 is 0 Å². The van der Waals surface area contributed by atoms with E-state index in [2.05, 4.69) is 20.3 Å². The number of rotatable bonds is 4. The van der Waals surface area contributed by atoms with Gasteiger partial charge in [0.15, 0.2) is 12.2 Å². The summed E-state index contributed by atoms with van der Waals surface area (Å²) in [7, 11) is 0. The summed E-state index contributed by atoms with van der Waals surface area (Å²) in [5, 5.41) is 3.29. The lowest BCUT2D eigenvalue weighted by molar-refractivity contribution is 0.570. The van der Waals surface area contributed by atoms with Gasteiger partial charge in [0.25, 0.3) is 0 Å². The number of anilines is 2. The number of nitrogens with zero attached hydrogens (tertiary/aromatic N) is 3. The Morgan fingerprint density at radius 2 is 1.80 bits per heavy atom. The molecule has 4 aromatic rings. The molecular formula is C20H16N4O. The molecule has 3 aromatic heterocycles. The van der Waals surface area contributed by atoms with Crippen molar-refractivity contribution in [1.29, 1.82) is 0 Å². The van der Waals surface area contributed by atoms with Crippen molar-refractivity contribution in [3.8, 4) is 22.7 Å².